The van der Waals surface area contributed by atoms with Gasteiger partial charge in [-0.2, -0.15) is 0 Å². The molecule has 4 unspecified atom stereocenters. The maximum Gasteiger partial charge on any atom is 0.225 e. The fraction of sp³-hybridized carbons (Fsp3) is 0.611. The lowest BCUT2D eigenvalue weighted by molar-refractivity contribution is -0.126. The number of para-hydroxylation sites is 1. The number of anilines is 1. The molecule has 1 aromatic carbocycles. The molecule has 1 aliphatic heterocycles. The predicted octanol–water partition coefficient (Wildman–Crippen LogP) is 3.21. The highest BCUT2D eigenvalue weighted by Crippen LogP contribution is 2.29. The maximum absolute atomic E-state index is 12.6. The molecule has 0 aromatic heterocycles. The van der Waals surface area contributed by atoms with Crippen LogP contribution in [0.2, 0.25) is 0 Å². The van der Waals surface area contributed by atoms with Gasteiger partial charge in [0.1, 0.15) is 0 Å². The smallest absolute Gasteiger partial charge is 0.225 e. The van der Waals surface area contributed by atoms with Gasteiger partial charge in [0.15, 0.2) is 0 Å². The molecule has 1 aromatic rings. The van der Waals surface area contributed by atoms with E-state index in [0.29, 0.717) is 12.0 Å². The number of carbonyl (C=O) groups is 1. The largest absolute Gasteiger partial charge is 0.384 e. The quantitative estimate of drug-likeness (QED) is 0.876. The summed E-state index contributed by atoms with van der Waals surface area (Å²) in [6.07, 6.45) is 4.45. The Hall–Kier alpha value is -1.51. The summed E-state index contributed by atoms with van der Waals surface area (Å²) >= 11 is 0. The van der Waals surface area contributed by atoms with Gasteiger partial charge >= 0.3 is 0 Å². The average Bonchev–Trinajstić information content (AvgIpc) is 2.49. The van der Waals surface area contributed by atoms with Crippen molar-refractivity contribution in [3.63, 3.8) is 0 Å². The number of carbonyl (C=O) groups excluding carboxylic acids is 1. The fourth-order valence-corrected chi connectivity index (χ4v) is 3.81. The molecule has 3 rings (SSSR count). The van der Waals surface area contributed by atoms with Crippen LogP contribution in [0.4, 0.5) is 5.69 Å². The molecule has 0 bridgehead atoms. The summed E-state index contributed by atoms with van der Waals surface area (Å²) in [5, 5.41) is 6.70. The lowest BCUT2D eigenvalue weighted by Gasteiger charge is -2.35. The normalized spacial score (nSPS) is 31.9. The van der Waals surface area contributed by atoms with Gasteiger partial charge < -0.3 is 10.6 Å². The van der Waals surface area contributed by atoms with Crippen LogP contribution in [-0.4, -0.2) is 18.5 Å². The minimum Gasteiger partial charge on any atom is -0.384 e. The Labute approximate surface area is 127 Å². The first-order chi connectivity index (χ1) is 10.1. The van der Waals surface area contributed by atoms with Gasteiger partial charge in [-0.05, 0) is 49.1 Å². The van der Waals surface area contributed by atoms with E-state index < -0.39 is 0 Å². The van der Waals surface area contributed by atoms with Crippen molar-refractivity contribution in [2.24, 2.45) is 17.8 Å². The summed E-state index contributed by atoms with van der Waals surface area (Å²) in [5.41, 5.74) is 2.44. The van der Waals surface area contributed by atoms with E-state index in [0.717, 1.165) is 25.3 Å². The van der Waals surface area contributed by atoms with E-state index in [1.54, 1.807) is 0 Å². The zero-order valence-corrected chi connectivity index (χ0v) is 13.1. The SMILES string of the molecule is CC1CCC(NC(=O)C2CNc3ccccc3C2)C(C)C1. The van der Waals surface area contributed by atoms with Crippen LogP contribution in [0.3, 0.4) is 0 Å². The lowest BCUT2D eigenvalue weighted by Crippen LogP contribution is -2.47. The minimum atomic E-state index is 0.0615. The van der Waals surface area contributed by atoms with E-state index in [1.165, 1.54) is 24.1 Å². The van der Waals surface area contributed by atoms with Crippen LogP contribution in [0.25, 0.3) is 0 Å². The molecule has 114 valence electrons. The van der Waals surface area contributed by atoms with Crippen LogP contribution in [0.5, 0.6) is 0 Å². The van der Waals surface area contributed by atoms with Gasteiger partial charge in [0.05, 0.1) is 5.92 Å². The fourth-order valence-electron chi connectivity index (χ4n) is 3.81. The average molecular weight is 286 g/mol. The number of fused-ring (bicyclic) bond motifs is 1. The zero-order valence-electron chi connectivity index (χ0n) is 13.1. The van der Waals surface area contributed by atoms with E-state index in [-0.39, 0.29) is 11.8 Å². The minimum absolute atomic E-state index is 0.0615. The Bertz CT molecular complexity index is 514. The van der Waals surface area contributed by atoms with Gasteiger partial charge in [0.25, 0.3) is 0 Å². The molecule has 1 aliphatic carbocycles. The van der Waals surface area contributed by atoms with Crippen LogP contribution in [0, 0.1) is 17.8 Å². The van der Waals surface area contributed by atoms with E-state index in [2.05, 4.69) is 36.6 Å². The molecule has 1 heterocycles. The highest BCUT2D eigenvalue weighted by molar-refractivity contribution is 5.81. The summed E-state index contributed by atoms with van der Waals surface area (Å²) in [5.74, 6) is 1.69. The van der Waals surface area contributed by atoms with Gasteiger partial charge in [-0.25, -0.2) is 0 Å². The second-order valence-corrected chi connectivity index (χ2v) is 6.95. The van der Waals surface area contributed by atoms with Gasteiger partial charge in [0.2, 0.25) is 5.91 Å². The van der Waals surface area contributed by atoms with Gasteiger partial charge in [0, 0.05) is 18.3 Å². The molecule has 0 saturated heterocycles. The number of amides is 1. The zero-order chi connectivity index (χ0) is 14.8. The molecule has 2 N–H and O–H groups in total. The number of nitrogens with one attached hydrogen (secondary N) is 2. The van der Waals surface area contributed by atoms with Crippen molar-refractivity contribution in [1.82, 2.24) is 5.32 Å². The number of benzene rings is 1. The molecule has 3 nitrogen and oxygen atoms in total. The molecule has 4 atom stereocenters. The van der Waals surface area contributed by atoms with E-state index in [4.69, 9.17) is 0 Å². The maximum atomic E-state index is 12.6. The third-order valence-electron chi connectivity index (χ3n) is 5.15. The molecular formula is C18H26N2O. The van der Waals surface area contributed by atoms with E-state index >= 15 is 0 Å². The van der Waals surface area contributed by atoms with E-state index in [1.807, 2.05) is 12.1 Å². The summed E-state index contributed by atoms with van der Waals surface area (Å²) in [4.78, 5) is 12.6. The molecule has 21 heavy (non-hydrogen) atoms. The first-order valence-corrected chi connectivity index (χ1v) is 8.25. The Kier molecular flexibility index (Phi) is 4.18. The van der Waals surface area contributed by atoms with E-state index in [9.17, 15) is 4.79 Å². The first kappa shape index (κ1) is 14.4. The van der Waals surface area contributed by atoms with Crippen molar-refractivity contribution in [2.45, 2.75) is 45.6 Å². The molecule has 3 heteroatoms. The Balaban J connectivity index is 1.59. The molecule has 1 saturated carbocycles. The standard InChI is InChI=1S/C18H26N2O/c1-12-7-8-16(13(2)9-12)20-18(21)15-10-14-5-3-4-6-17(14)19-11-15/h3-6,12-13,15-16,19H,7-11H2,1-2H3,(H,20,21). The van der Waals surface area contributed by atoms with Crippen molar-refractivity contribution < 1.29 is 4.79 Å². The van der Waals surface area contributed by atoms with Gasteiger partial charge in [-0.3, -0.25) is 4.79 Å². The van der Waals surface area contributed by atoms with Crippen molar-refractivity contribution in [1.29, 1.82) is 0 Å². The molecular weight excluding hydrogens is 260 g/mol. The van der Waals surface area contributed by atoms with Crippen molar-refractivity contribution in [3.05, 3.63) is 29.8 Å². The van der Waals surface area contributed by atoms with Crippen LogP contribution in [0.15, 0.2) is 24.3 Å². The van der Waals surface area contributed by atoms with Crippen LogP contribution < -0.4 is 10.6 Å². The predicted molar refractivity (Wildman–Crippen MR) is 86.2 cm³/mol. The summed E-state index contributed by atoms with van der Waals surface area (Å²) in [6.45, 7) is 5.34. The Morgan fingerprint density at radius 2 is 2.05 bits per heavy atom. The molecule has 0 spiro atoms. The Morgan fingerprint density at radius 1 is 1.24 bits per heavy atom. The number of hydrogen-bond acceptors (Lipinski definition) is 2. The molecule has 2 aliphatic rings. The third-order valence-corrected chi connectivity index (χ3v) is 5.15. The topological polar surface area (TPSA) is 41.1 Å². The number of hydrogen-bond donors (Lipinski definition) is 2. The monoisotopic (exact) mass is 286 g/mol. The third kappa shape index (κ3) is 3.22. The van der Waals surface area contributed by atoms with Crippen LogP contribution in [-0.2, 0) is 11.2 Å². The molecule has 0 radical (unpaired) electrons. The first-order valence-electron chi connectivity index (χ1n) is 8.25. The lowest BCUT2D eigenvalue weighted by atomic mass is 9.79. The van der Waals surface area contributed by atoms with Crippen LogP contribution in [0.1, 0.15) is 38.7 Å². The summed E-state index contributed by atoms with van der Waals surface area (Å²) < 4.78 is 0. The summed E-state index contributed by atoms with van der Waals surface area (Å²) in [6, 6.07) is 8.66. The van der Waals surface area contributed by atoms with Gasteiger partial charge in [-0.15, -0.1) is 0 Å². The second-order valence-electron chi connectivity index (χ2n) is 6.95. The van der Waals surface area contributed by atoms with Crippen molar-refractivity contribution in [3.8, 4) is 0 Å². The Morgan fingerprint density at radius 3 is 2.86 bits per heavy atom. The molecule has 1 fully saturated rings. The summed E-state index contributed by atoms with van der Waals surface area (Å²) in [7, 11) is 0. The van der Waals surface area contributed by atoms with Crippen molar-refractivity contribution >= 4 is 11.6 Å². The van der Waals surface area contributed by atoms with Crippen LogP contribution >= 0.6 is 0 Å². The van der Waals surface area contributed by atoms with Gasteiger partial charge in [-0.1, -0.05) is 32.0 Å². The highest BCUT2D eigenvalue weighted by Gasteiger charge is 2.30. The van der Waals surface area contributed by atoms with Crippen molar-refractivity contribution in [2.75, 3.05) is 11.9 Å². The molecule has 1 amide bonds. The number of rotatable bonds is 2. The highest BCUT2D eigenvalue weighted by atomic mass is 16.2. The second kappa shape index (κ2) is 6.08.